The molecule has 0 aliphatic rings. The highest BCUT2D eigenvalue weighted by Gasteiger charge is 2.28. The second-order valence-corrected chi connectivity index (χ2v) is 7.94. The maximum atomic E-state index is 13.4. The number of hydrogen-bond donors (Lipinski definition) is 2. The van der Waals surface area contributed by atoms with Crippen molar-refractivity contribution < 1.29 is 18.7 Å². The van der Waals surface area contributed by atoms with Gasteiger partial charge in [-0.1, -0.05) is 66.7 Å². The standard InChI is InChI=1S/C23H19N2O4P/c26-23-16-15-18-9-7-8-14-21(18)22(23)17-24-25-30(27,28-19-10-3-1-4-11-19)29-20-12-5-2-6-13-20/h1-17,26H,(H,25,27)/b24-17+. The average molecular weight is 418 g/mol. The summed E-state index contributed by atoms with van der Waals surface area (Å²) in [7, 11) is -3.91. The Kier molecular flexibility index (Phi) is 5.68. The van der Waals surface area contributed by atoms with Crippen LogP contribution in [0.1, 0.15) is 5.56 Å². The van der Waals surface area contributed by atoms with Crippen LogP contribution < -0.4 is 14.2 Å². The Morgan fingerprint density at radius 1 is 0.767 bits per heavy atom. The number of phenols is 1. The van der Waals surface area contributed by atoms with Crippen LogP contribution in [0.5, 0.6) is 17.2 Å². The minimum absolute atomic E-state index is 0.0574. The first-order valence-electron chi connectivity index (χ1n) is 9.23. The number of benzene rings is 4. The van der Waals surface area contributed by atoms with Crippen molar-refractivity contribution in [2.45, 2.75) is 0 Å². The third kappa shape index (κ3) is 4.62. The minimum Gasteiger partial charge on any atom is -0.507 e. The Bertz CT molecular complexity index is 1170. The quantitative estimate of drug-likeness (QED) is 0.227. The number of para-hydroxylation sites is 2. The molecule has 0 saturated heterocycles. The number of aromatic hydroxyl groups is 1. The molecule has 6 nitrogen and oxygen atoms in total. The van der Waals surface area contributed by atoms with Gasteiger partial charge in [-0.05, 0) is 41.1 Å². The van der Waals surface area contributed by atoms with Crippen molar-refractivity contribution in [3.63, 3.8) is 0 Å². The van der Waals surface area contributed by atoms with E-state index >= 15 is 0 Å². The minimum atomic E-state index is -3.91. The predicted octanol–water partition coefficient (Wildman–Crippen LogP) is 5.74. The monoisotopic (exact) mass is 418 g/mol. The molecular weight excluding hydrogens is 399 g/mol. The summed E-state index contributed by atoms with van der Waals surface area (Å²) in [5, 5.41) is 18.6. The normalized spacial score (nSPS) is 11.5. The predicted molar refractivity (Wildman–Crippen MR) is 118 cm³/mol. The molecule has 30 heavy (non-hydrogen) atoms. The lowest BCUT2D eigenvalue weighted by Gasteiger charge is -2.18. The zero-order valence-electron chi connectivity index (χ0n) is 15.9. The maximum Gasteiger partial charge on any atom is 0.557 e. The lowest BCUT2D eigenvalue weighted by atomic mass is 10.0. The largest absolute Gasteiger partial charge is 0.557 e. The van der Waals surface area contributed by atoms with Crippen LogP contribution >= 0.6 is 7.75 Å². The van der Waals surface area contributed by atoms with Crippen molar-refractivity contribution in [3.8, 4) is 17.2 Å². The van der Waals surface area contributed by atoms with Crippen LogP contribution in [-0.2, 0) is 4.57 Å². The SMILES string of the molecule is O=P(N/N=C/c1c(O)ccc2ccccc12)(Oc1ccccc1)Oc1ccccc1. The molecule has 0 radical (unpaired) electrons. The summed E-state index contributed by atoms with van der Waals surface area (Å²) in [6.07, 6.45) is 1.40. The summed E-state index contributed by atoms with van der Waals surface area (Å²) in [5.41, 5.74) is 0.492. The second-order valence-electron chi connectivity index (χ2n) is 6.38. The lowest BCUT2D eigenvalue weighted by molar-refractivity contribution is 0.372. The fourth-order valence-electron chi connectivity index (χ4n) is 2.88. The number of fused-ring (bicyclic) bond motifs is 1. The summed E-state index contributed by atoms with van der Waals surface area (Å²) >= 11 is 0. The van der Waals surface area contributed by atoms with E-state index in [1.807, 2.05) is 42.5 Å². The van der Waals surface area contributed by atoms with E-state index in [0.717, 1.165) is 10.8 Å². The fraction of sp³-hybridized carbons (Fsp3) is 0. The van der Waals surface area contributed by atoms with Gasteiger partial charge in [0, 0.05) is 5.56 Å². The van der Waals surface area contributed by atoms with Gasteiger partial charge in [0.25, 0.3) is 0 Å². The smallest absolute Gasteiger partial charge is 0.507 e. The van der Waals surface area contributed by atoms with Crippen molar-refractivity contribution in [2.24, 2.45) is 5.10 Å². The molecule has 0 aliphatic heterocycles. The highest BCUT2D eigenvalue weighted by molar-refractivity contribution is 7.52. The molecule has 2 N–H and O–H groups in total. The molecule has 150 valence electrons. The first-order valence-corrected chi connectivity index (χ1v) is 10.8. The summed E-state index contributed by atoms with van der Waals surface area (Å²) in [6, 6.07) is 28.4. The Balaban J connectivity index is 1.62. The molecule has 0 saturated carbocycles. The molecule has 0 fully saturated rings. The van der Waals surface area contributed by atoms with Gasteiger partial charge in [0.05, 0.1) is 6.21 Å². The van der Waals surface area contributed by atoms with Crippen LogP contribution in [0, 0.1) is 0 Å². The summed E-state index contributed by atoms with van der Waals surface area (Å²) in [5.74, 6) is 0.794. The topological polar surface area (TPSA) is 80.2 Å². The molecule has 0 heterocycles. The highest BCUT2D eigenvalue weighted by atomic mass is 31.2. The van der Waals surface area contributed by atoms with Crippen LogP contribution in [0.3, 0.4) is 0 Å². The van der Waals surface area contributed by atoms with Crippen molar-refractivity contribution in [1.29, 1.82) is 0 Å². The number of nitrogens with zero attached hydrogens (tertiary/aromatic N) is 1. The van der Waals surface area contributed by atoms with E-state index < -0.39 is 7.75 Å². The van der Waals surface area contributed by atoms with Crippen LogP contribution in [0.15, 0.2) is 102 Å². The zero-order valence-corrected chi connectivity index (χ0v) is 16.8. The van der Waals surface area contributed by atoms with Crippen molar-refractivity contribution in [1.82, 2.24) is 5.20 Å². The van der Waals surface area contributed by atoms with Crippen LogP contribution in [0.2, 0.25) is 0 Å². The number of hydrazone groups is 1. The van der Waals surface area contributed by atoms with Gasteiger partial charge in [-0.25, -0.2) is 4.57 Å². The van der Waals surface area contributed by atoms with Gasteiger partial charge in [-0.2, -0.15) is 10.3 Å². The second kappa shape index (κ2) is 8.72. The van der Waals surface area contributed by atoms with E-state index in [1.54, 1.807) is 54.6 Å². The molecule has 4 aromatic rings. The van der Waals surface area contributed by atoms with Crippen LogP contribution in [0.4, 0.5) is 0 Å². The van der Waals surface area contributed by atoms with Gasteiger partial charge in [0.15, 0.2) is 0 Å². The highest BCUT2D eigenvalue weighted by Crippen LogP contribution is 2.44. The maximum absolute atomic E-state index is 13.4. The number of nitrogens with one attached hydrogen (secondary N) is 1. The fourth-order valence-corrected chi connectivity index (χ4v) is 4.00. The molecule has 0 aliphatic carbocycles. The van der Waals surface area contributed by atoms with E-state index in [2.05, 4.69) is 10.3 Å². The van der Waals surface area contributed by atoms with Gasteiger partial charge in [0.2, 0.25) is 0 Å². The molecule has 4 rings (SSSR count). The molecule has 0 spiro atoms. The molecule has 0 bridgehead atoms. The van der Waals surface area contributed by atoms with Gasteiger partial charge in [-0.3, -0.25) is 0 Å². The van der Waals surface area contributed by atoms with Crippen molar-refractivity contribution in [2.75, 3.05) is 0 Å². The van der Waals surface area contributed by atoms with Crippen LogP contribution in [-0.4, -0.2) is 11.3 Å². The number of hydrogen-bond acceptors (Lipinski definition) is 5. The van der Waals surface area contributed by atoms with Gasteiger partial charge in [0.1, 0.15) is 17.2 Å². The van der Waals surface area contributed by atoms with E-state index in [0.29, 0.717) is 17.1 Å². The number of phenolic OH excluding ortho intramolecular Hbond substituents is 1. The molecule has 0 atom stereocenters. The summed E-state index contributed by atoms with van der Waals surface area (Å²) in [6.45, 7) is 0. The Labute approximate surface area is 174 Å². The van der Waals surface area contributed by atoms with Gasteiger partial charge in [-0.15, -0.1) is 0 Å². The van der Waals surface area contributed by atoms with E-state index in [9.17, 15) is 9.67 Å². The average Bonchev–Trinajstić information content (AvgIpc) is 2.76. The lowest BCUT2D eigenvalue weighted by Crippen LogP contribution is -2.14. The number of rotatable bonds is 7. The Morgan fingerprint density at radius 2 is 1.33 bits per heavy atom. The van der Waals surface area contributed by atoms with Crippen LogP contribution in [0.25, 0.3) is 10.8 Å². The molecule has 0 aromatic heterocycles. The van der Waals surface area contributed by atoms with Gasteiger partial charge < -0.3 is 14.2 Å². The summed E-state index contributed by atoms with van der Waals surface area (Å²) in [4.78, 5) is 0. The van der Waals surface area contributed by atoms with Crippen molar-refractivity contribution >= 4 is 24.7 Å². The van der Waals surface area contributed by atoms with Gasteiger partial charge >= 0.3 is 7.75 Å². The molecule has 4 aromatic carbocycles. The first kappa shape index (κ1) is 19.6. The van der Waals surface area contributed by atoms with E-state index in [-0.39, 0.29) is 5.75 Å². The third-order valence-corrected chi connectivity index (χ3v) is 5.52. The molecule has 0 unspecified atom stereocenters. The Morgan fingerprint density at radius 3 is 1.97 bits per heavy atom. The molecule has 0 amide bonds. The Hall–Kier alpha value is -3.76. The molecule has 7 heteroatoms. The van der Waals surface area contributed by atoms with E-state index in [1.165, 1.54) is 6.21 Å². The third-order valence-electron chi connectivity index (χ3n) is 4.26. The summed E-state index contributed by atoms with van der Waals surface area (Å²) < 4.78 is 24.6. The zero-order chi connectivity index (χ0) is 20.8. The first-order chi connectivity index (χ1) is 14.6. The van der Waals surface area contributed by atoms with E-state index in [4.69, 9.17) is 9.05 Å². The van der Waals surface area contributed by atoms with Crippen molar-refractivity contribution in [3.05, 3.63) is 103 Å². The molecular formula is C23H19N2O4P.